The molecule has 0 saturated carbocycles. The standard InChI is InChI=1S/C21H23NO5/c23-20(24)14-17(16-6-2-1-3-7-16)15-21(25)27-19-9-5-4-8-18(19)22-10-12-26-13-11-22/h1-9,17H,10-15H2,(H,23,24). The number of hydrogen-bond donors (Lipinski definition) is 1. The Kier molecular flexibility index (Phi) is 6.44. The highest BCUT2D eigenvalue weighted by atomic mass is 16.5. The Hall–Kier alpha value is -2.86. The Labute approximate surface area is 158 Å². The van der Waals surface area contributed by atoms with E-state index in [1.54, 1.807) is 6.07 Å². The minimum Gasteiger partial charge on any atom is -0.481 e. The summed E-state index contributed by atoms with van der Waals surface area (Å²) in [5.41, 5.74) is 1.67. The molecule has 1 atom stereocenters. The molecule has 3 rings (SSSR count). The number of rotatable bonds is 7. The molecule has 0 aromatic heterocycles. The molecule has 6 nitrogen and oxygen atoms in total. The van der Waals surface area contributed by atoms with Gasteiger partial charge in [0.2, 0.25) is 0 Å². The zero-order valence-corrected chi connectivity index (χ0v) is 15.0. The number of benzene rings is 2. The van der Waals surface area contributed by atoms with E-state index in [1.807, 2.05) is 48.5 Å². The van der Waals surface area contributed by atoms with Crippen LogP contribution in [0.2, 0.25) is 0 Å². The normalized spacial score (nSPS) is 15.2. The van der Waals surface area contributed by atoms with Gasteiger partial charge in [0.15, 0.2) is 5.75 Å². The Morgan fingerprint density at radius 3 is 2.37 bits per heavy atom. The monoisotopic (exact) mass is 369 g/mol. The summed E-state index contributed by atoms with van der Waals surface area (Å²) in [5, 5.41) is 9.19. The lowest BCUT2D eigenvalue weighted by Gasteiger charge is -2.30. The van der Waals surface area contributed by atoms with E-state index in [4.69, 9.17) is 9.47 Å². The first-order valence-corrected chi connectivity index (χ1v) is 9.02. The van der Waals surface area contributed by atoms with Gasteiger partial charge in [0.25, 0.3) is 0 Å². The maximum atomic E-state index is 12.6. The molecule has 2 aromatic rings. The van der Waals surface area contributed by atoms with Gasteiger partial charge >= 0.3 is 11.9 Å². The number of morpholine rings is 1. The van der Waals surface area contributed by atoms with E-state index in [-0.39, 0.29) is 12.8 Å². The van der Waals surface area contributed by atoms with Gasteiger partial charge in [-0.1, -0.05) is 42.5 Å². The molecule has 1 unspecified atom stereocenters. The zero-order valence-electron chi connectivity index (χ0n) is 15.0. The summed E-state index contributed by atoms with van der Waals surface area (Å²) in [5.74, 6) is -1.31. The summed E-state index contributed by atoms with van der Waals surface area (Å²) in [6.07, 6.45) is -0.113. The molecule has 1 saturated heterocycles. The second-order valence-electron chi connectivity index (χ2n) is 6.45. The smallest absolute Gasteiger partial charge is 0.311 e. The number of carbonyl (C=O) groups excluding carboxylic acids is 1. The van der Waals surface area contributed by atoms with Gasteiger partial charge in [-0.25, -0.2) is 0 Å². The first-order valence-electron chi connectivity index (χ1n) is 9.02. The minimum atomic E-state index is -0.939. The fraction of sp³-hybridized carbons (Fsp3) is 0.333. The van der Waals surface area contributed by atoms with Crippen LogP contribution in [0.1, 0.15) is 24.3 Å². The Balaban J connectivity index is 1.71. The highest BCUT2D eigenvalue weighted by Crippen LogP contribution is 2.30. The molecule has 1 heterocycles. The number of esters is 1. The van der Waals surface area contributed by atoms with Crippen LogP contribution in [0.5, 0.6) is 5.75 Å². The van der Waals surface area contributed by atoms with Crippen molar-refractivity contribution in [3.05, 3.63) is 60.2 Å². The van der Waals surface area contributed by atoms with Gasteiger partial charge < -0.3 is 19.5 Å². The van der Waals surface area contributed by atoms with Crippen LogP contribution in [-0.2, 0) is 14.3 Å². The van der Waals surface area contributed by atoms with E-state index >= 15 is 0 Å². The van der Waals surface area contributed by atoms with Crippen LogP contribution < -0.4 is 9.64 Å². The summed E-state index contributed by atoms with van der Waals surface area (Å²) >= 11 is 0. The van der Waals surface area contributed by atoms with Gasteiger partial charge in [0.1, 0.15) is 0 Å². The van der Waals surface area contributed by atoms with E-state index in [9.17, 15) is 14.7 Å². The van der Waals surface area contributed by atoms with Crippen LogP contribution in [0, 0.1) is 0 Å². The number of ether oxygens (including phenoxy) is 2. The van der Waals surface area contributed by atoms with Crippen LogP contribution in [0.15, 0.2) is 54.6 Å². The van der Waals surface area contributed by atoms with Crippen molar-refractivity contribution in [2.75, 3.05) is 31.2 Å². The van der Waals surface area contributed by atoms with Crippen molar-refractivity contribution >= 4 is 17.6 Å². The fourth-order valence-corrected chi connectivity index (χ4v) is 3.22. The van der Waals surface area contributed by atoms with Gasteiger partial charge in [0.05, 0.1) is 31.7 Å². The van der Waals surface area contributed by atoms with Crippen LogP contribution >= 0.6 is 0 Å². The maximum absolute atomic E-state index is 12.6. The lowest BCUT2D eigenvalue weighted by atomic mass is 9.92. The number of aliphatic carboxylic acids is 1. The molecular formula is C21H23NO5. The van der Waals surface area contributed by atoms with Gasteiger partial charge in [-0.15, -0.1) is 0 Å². The first-order chi connectivity index (χ1) is 13.1. The minimum absolute atomic E-state index is 0.00770. The number of hydrogen-bond acceptors (Lipinski definition) is 5. The van der Waals surface area contributed by atoms with E-state index in [0.29, 0.717) is 19.0 Å². The van der Waals surface area contributed by atoms with E-state index < -0.39 is 17.9 Å². The predicted octanol–water partition coefficient (Wildman–Crippen LogP) is 3.08. The Morgan fingerprint density at radius 2 is 1.67 bits per heavy atom. The van der Waals surface area contributed by atoms with Crippen LogP contribution in [-0.4, -0.2) is 43.3 Å². The second-order valence-corrected chi connectivity index (χ2v) is 6.45. The SMILES string of the molecule is O=C(O)CC(CC(=O)Oc1ccccc1N1CCOCC1)c1ccccc1. The van der Waals surface area contributed by atoms with Crippen molar-refractivity contribution in [1.29, 1.82) is 0 Å². The maximum Gasteiger partial charge on any atom is 0.311 e. The van der Waals surface area contributed by atoms with Gasteiger partial charge in [-0.2, -0.15) is 0 Å². The van der Waals surface area contributed by atoms with Gasteiger partial charge in [-0.3, -0.25) is 9.59 Å². The van der Waals surface area contributed by atoms with E-state index in [0.717, 1.165) is 24.3 Å². The van der Waals surface area contributed by atoms with Crippen molar-refractivity contribution in [2.45, 2.75) is 18.8 Å². The van der Waals surface area contributed by atoms with Crippen molar-refractivity contribution < 1.29 is 24.2 Å². The van der Waals surface area contributed by atoms with Crippen LogP contribution in [0.4, 0.5) is 5.69 Å². The molecule has 2 aromatic carbocycles. The van der Waals surface area contributed by atoms with Crippen molar-refractivity contribution in [1.82, 2.24) is 0 Å². The molecule has 6 heteroatoms. The second kappa shape index (κ2) is 9.19. The summed E-state index contributed by atoms with van der Waals surface area (Å²) in [7, 11) is 0. The average molecular weight is 369 g/mol. The molecule has 142 valence electrons. The highest BCUT2D eigenvalue weighted by molar-refractivity contribution is 5.77. The van der Waals surface area contributed by atoms with Crippen molar-refractivity contribution in [2.24, 2.45) is 0 Å². The average Bonchev–Trinajstić information content (AvgIpc) is 2.69. The number of para-hydroxylation sites is 2. The van der Waals surface area contributed by atoms with Crippen molar-refractivity contribution in [3.8, 4) is 5.75 Å². The molecule has 0 amide bonds. The quantitative estimate of drug-likeness (QED) is 0.597. The molecule has 0 radical (unpaired) electrons. The zero-order chi connectivity index (χ0) is 19.1. The molecule has 1 aliphatic rings. The predicted molar refractivity (Wildman–Crippen MR) is 101 cm³/mol. The fourth-order valence-electron chi connectivity index (χ4n) is 3.22. The third-order valence-electron chi connectivity index (χ3n) is 4.55. The van der Waals surface area contributed by atoms with Crippen LogP contribution in [0.3, 0.4) is 0 Å². The third-order valence-corrected chi connectivity index (χ3v) is 4.55. The number of carboxylic acid groups (broad SMARTS) is 1. The molecule has 0 spiro atoms. The van der Waals surface area contributed by atoms with Gasteiger partial charge in [0, 0.05) is 19.0 Å². The number of nitrogens with zero attached hydrogens (tertiary/aromatic N) is 1. The molecule has 27 heavy (non-hydrogen) atoms. The van der Waals surface area contributed by atoms with E-state index in [1.165, 1.54) is 0 Å². The molecule has 1 fully saturated rings. The molecule has 0 aliphatic carbocycles. The molecule has 1 aliphatic heterocycles. The Bertz CT molecular complexity index is 771. The summed E-state index contributed by atoms with van der Waals surface area (Å²) in [4.78, 5) is 25.9. The van der Waals surface area contributed by atoms with Gasteiger partial charge in [-0.05, 0) is 17.7 Å². The Morgan fingerprint density at radius 1 is 1.00 bits per heavy atom. The molecular weight excluding hydrogens is 346 g/mol. The van der Waals surface area contributed by atoms with Crippen LogP contribution in [0.25, 0.3) is 0 Å². The first kappa shape index (κ1) is 18.9. The van der Waals surface area contributed by atoms with E-state index in [2.05, 4.69) is 4.90 Å². The number of carboxylic acids is 1. The number of carbonyl (C=O) groups is 2. The number of anilines is 1. The summed E-state index contributed by atoms with van der Waals surface area (Å²) in [6.45, 7) is 2.74. The lowest BCUT2D eigenvalue weighted by Crippen LogP contribution is -2.36. The summed E-state index contributed by atoms with van der Waals surface area (Å²) < 4.78 is 11.0. The highest BCUT2D eigenvalue weighted by Gasteiger charge is 2.22. The lowest BCUT2D eigenvalue weighted by molar-refractivity contribution is -0.138. The largest absolute Gasteiger partial charge is 0.481 e. The molecule has 1 N–H and O–H groups in total. The molecule has 0 bridgehead atoms. The van der Waals surface area contributed by atoms with Crippen molar-refractivity contribution in [3.63, 3.8) is 0 Å². The topological polar surface area (TPSA) is 76.1 Å². The third kappa shape index (κ3) is 5.31. The summed E-state index contributed by atoms with van der Waals surface area (Å²) in [6, 6.07) is 16.6.